The topological polar surface area (TPSA) is 17.1 Å². The van der Waals surface area contributed by atoms with Gasteiger partial charge in [0.25, 0.3) is 5.92 Å². The molecule has 0 bridgehead atoms. The summed E-state index contributed by atoms with van der Waals surface area (Å²) in [6.07, 6.45) is -0.366. The van der Waals surface area contributed by atoms with Crippen molar-refractivity contribution in [3.05, 3.63) is 0 Å². The molecule has 0 amide bonds. The molecule has 0 aromatic heterocycles. The molecule has 0 spiro atoms. The summed E-state index contributed by atoms with van der Waals surface area (Å²) in [5, 5.41) is 0. The number of hydrogen-bond donors (Lipinski definition) is 0. The van der Waals surface area contributed by atoms with Gasteiger partial charge in [0.1, 0.15) is 5.78 Å². The molecule has 0 rings (SSSR count). The third kappa shape index (κ3) is 7.43. The van der Waals surface area contributed by atoms with Gasteiger partial charge in [-0.1, -0.05) is 13.8 Å². The Morgan fingerprint density at radius 1 is 1.45 bits per heavy atom. The molecular weight excluding hydrogens is 150 g/mol. The van der Waals surface area contributed by atoms with Crippen LogP contribution in [0.5, 0.6) is 0 Å². The summed E-state index contributed by atoms with van der Waals surface area (Å²) in [7, 11) is 0. The van der Waals surface area contributed by atoms with Crippen LogP contribution in [0.25, 0.3) is 0 Å². The van der Waals surface area contributed by atoms with Gasteiger partial charge in [-0.2, -0.15) is 0 Å². The molecule has 0 aromatic rings. The Hall–Kier alpha value is -0.470. The van der Waals surface area contributed by atoms with Crippen molar-refractivity contribution >= 4 is 5.78 Å². The lowest BCUT2D eigenvalue weighted by atomic mass is 10.0. The van der Waals surface area contributed by atoms with Gasteiger partial charge in [0.2, 0.25) is 0 Å². The molecule has 66 valence electrons. The van der Waals surface area contributed by atoms with E-state index in [-0.39, 0.29) is 18.1 Å². The van der Waals surface area contributed by atoms with Crippen LogP contribution in [-0.4, -0.2) is 11.7 Å². The van der Waals surface area contributed by atoms with E-state index in [4.69, 9.17) is 0 Å². The fourth-order valence-electron chi connectivity index (χ4n) is 0.874. The van der Waals surface area contributed by atoms with Gasteiger partial charge in [-0.25, -0.2) is 8.78 Å². The third-order valence-corrected chi connectivity index (χ3v) is 1.14. The summed E-state index contributed by atoms with van der Waals surface area (Å²) >= 11 is 0. The quantitative estimate of drug-likeness (QED) is 0.624. The second-order valence-electron chi connectivity index (χ2n) is 3.38. The molecule has 0 unspecified atom stereocenters. The number of halogens is 2. The first-order chi connectivity index (χ1) is 4.81. The van der Waals surface area contributed by atoms with Crippen LogP contribution >= 0.6 is 0 Å². The zero-order valence-corrected chi connectivity index (χ0v) is 7.16. The van der Waals surface area contributed by atoms with Gasteiger partial charge in [0.05, 0.1) is 6.42 Å². The van der Waals surface area contributed by atoms with Crippen molar-refractivity contribution in [1.82, 2.24) is 0 Å². The van der Waals surface area contributed by atoms with E-state index in [1.807, 2.05) is 13.8 Å². The van der Waals surface area contributed by atoms with Crippen LogP contribution in [0.4, 0.5) is 8.78 Å². The molecule has 0 aliphatic heterocycles. The maximum atomic E-state index is 12.2. The molecule has 0 radical (unpaired) electrons. The van der Waals surface area contributed by atoms with Crippen molar-refractivity contribution in [3.63, 3.8) is 0 Å². The molecule has 0 atom stereocenters. The molecule has 11 heavy (non-hydrogen) atoms. The summed E-state index contributed by atoms with van der Waals surface area (Å²) in [6, 6.07) is 0. The highest BCUT2D eigenvalue weighted by Crippen LogP contribution is 2.18. The molecule has 3 heteroatoms. The van der Waals surface area contributed by atoms with Gasteiger partial charge >= 0.3 is 0 Å². The first-order valence-corrected chi connectivity index (χ1v) is 3.71. The molecule has 1 nitrogen and oxygen atoms in total. The average Bonchev–Trinajstić information content (AvgIpc) is 1.53. The van der Waals surface area contributed by atoms with Gasteiger partial charge in [-0.05, 0) is 12.8 Å². The van der Waals surface area contributed by atoms with E-state index in [1.165, 1.54) is 0 Å². The van der Waals surface area contributed by atoms with E-state index in [2.05, 4.69) is 0 Å². The number of ketones is 1. The lowest BCUT2D eigenvalue weighted by Crippen LogP contribution is -2.17. The first-order valence-electron chi connectivity index (χ1n) is 3.71. The Morgan fingerprint density at radius 3 is 2.18 bits per heavy atom. The monoisotopic (exact) mass is 164 g/mol. The van der Waals surface area contributed by atoms with E-state index in [0.29, 0.717) is 0 Å². The number of hydrogen-bond acceptors (Lipinski definition) is 1. The highest BCUT2D eigenvalue weighted by Gasteiger charge is 2.25. The van der Waals surface area contributed by atoms with Crippen molar-refractivity contribution in [2.75, 3.05) is 0 Å². The molecule has 0 saturated heterocycles. The standard InChI is InChI=1S/C8H14F2O/c1-6(2)4-7(11)5-8(3,9)10/h6H,4-5H2,1-3H3. The maximum absolute atomic E-state index is 12.2. The van der Waals surface area contributed by atoms with E-state index in [9.17, 15) is 13.6 Å². The number of Topliss-reactive ketones (excluding diaryl/α,β-unsaturated/α-hetero) is 1. The van der Waals surface area contributed by atoms with Crippen LogP contribution in [0.2, 0.25) is 0 Å². The van der Waals surface area contributed by atoms with Gasteiger partial charge < -0.3 is 0 Å². The number of carbonyl (C=O) groups is 1. The van der Waals surface area contributed by atoms with Crippen molar-refractivity contribution in [1.29, 1.82) is 0 Å². The van der Waals surface area contributed by atoms with Crippen molar-refractivity contribution in [3.8, 4) is 0 Å². The minimum atomic E-state index is -2.84. The van der Waals surface area contributed by atoms with Crippen LogP contribution in [0.1, 0.15) is 33.6 Å². The summed E-state index contributed by atoms with van der Waals surface area (Å²) in [5.74, 6) is -3.02. The van der Waals surface area contributed by atoms with Gasteiger partial charge in [0.15, 0.2) is 0 Å². The Kier molecular flexibility index (Phi) is 3.63. The van der Waals surface area contributed by atoms with Crippen LogP contribution in [0.15, 0.2) is 0 Å². The predicted octanol–water partition coefficient (Wildman–Crippen LogP) is 2.65. The molecule has 0 heterocycles. The number of alkyl halides is 2. The van der Waals surface area contributed by atoms with Crippen LogP contribution in [-0.2, 0) is 4.79 Å². The smallest absolute Gasteiger partial charge is 0.252 e. The molecule has 0 aliphatic carbocycles. The first kappa shape index (κ1) is 10.5. The summed E-state index contributed by atoms with van der Waals surface area (Å²) in [4.78, 5) is 10.8. The largest absolute Gasteiger partial charge is 0.299 e. The second-order valence-corrected chi connectivity index (χ2v) is 3.38. The van der Waals surface area contributed by atoms with Crippen molar-refractivity contribution < 1.29 is 13.6 Å². The highest BCUT2D eigenvalue weighted by atomic mass is 19.3. The Labute approximate surface area is 65.8 Å². The summed E-state index contributed by atoms with van der Waals surface area (Å²) in [6.45, 7) is 4.45. The molecule has 0 aromatic carbocycles. The average molecular weight is 164 g/mol. The van der Waals surface area contributed by atoms with Crippen LogP contribution in [0, 0.1) is 5.92 Å². The molecule has 0 N–H and O–H groups in total. The van der Waals surface area contributed by atoms with Crippen molar-refractivity contribution in [2.24, 2.45) is 5.92 Å². The Balaban J connectivity index is 3.71. The number of rotatable bonds is 4. The fraction of sp³-hybridized carbons (Fsp3) is 0.875. The Bertz CT molecular complexity index is 136. The van der Waals surface area contributed by atoms with Crippen LogP contribution < -0.4 is 0 Å². The van der Waals surface area contributed by atoms with E-state index < -0.39 is 12.3 Å². The summed E-state index contributed by atoms with van der Waals surface area (Å²) < 4.78 is 24.4. The zero-order chi connectivity index (χ0) is 9.07. The lowest BCUT2D eigenvalue weighted by Gasteiger charge is -2.09. The second kappa shape index (κ2) is 3.79. The van der Waals surface area contributed by atoms with E-state index >= 15 is 0 Å². The normalized spacial score (nSPS) is 12.2. The molecule has 0 fully saturated rings. The van der Waals surface area contributed by atoms with Gasteiger partial charge in [0, 0.05) is 6.42 Å². The minimum Gasteiger partial charge on any atom is -0.299 e. The Morgan fingerprint density at radius 2 is 1.91 bits per heavy atom. The summed E-state index contributed by atoms with van der Waals surface area (Å²) in [5.41, 5.74) is 0. The van der Waals surface area contributed by atoms with E-state index in [1.54, 1.807) is 0 Å². The van der Waals surface area contributed by atoms with E-state index in [0.717, 1.165) is 6.92 Å². The van der Waals surface area contributed by atoms with Crippen LogP contribution in [0.3, 0.4) is 0 Å². The highest BCUT2D eigenvalue weighted by molar-refractivity contribution is 5.79. The lowest BCUT2D eigenvalue weighted by molar-refractivity contribution is -0.125. The minimum absolute atomic E-state index is 0.171. The van der Waals surface area contributed by atoms with Gasteiger partial charge in [-0.15, -0.1) is 0 Å². The number of carbonyl (C=O) groups excluding carboxylic acids is 1. The fourth-order valence-corrected chi connectivity index (χ4v) is 0.874. The zero-order valence-electron chi connectivity index (χ0n) is 7.16. The third-order valence-electron chi connectivity index (χ3n) is 1.14. The molecule has 0 saturated carbocycles. The van der Waals surface area contributed by atoms with Gasteiger partial charge in [-0.3, -0.25) is 4.79 Å². The van der Waals surface area contributed by atoms with Crippen molar-refractivity contribution in [2.45, 2.75) is 39.5 Å². The molecule has 0 aliphatic rings. The molecular formula is C8H14F2O. The predicted molar refractivity (Wildman–Crippen MR) is 39.7 cm³/mol. The SMILES string of the molecule is CC(C)CC(=O)CC(C)(F)F. The maximum Gasteiger partial charge on any atom is 0.252 e.